The highest BCUT2D eigenvalue weighted by atomic mass is 19.1. The first kappa shape index (κ1) is 15.7. The van der Waals surface area contributed by atoms with Crippen molar-refractivity contribution >= 4 is 5.69 Å². The fourth-order valence-corrected chi connectivity index (χ4v) is 3.63. The van der Waals surface area contributed by atoms with Crippen LogP contribution < -0.4 is 5.32 Å². The third-order valence-electron chi connectivity index (χ3n) is 4.84. The average Bonchev–Trinajstić information content (AvgIpc) is 3.14. The van der Waals surface area contributed by atoms with Gasteiger partial charge in [0.15, 0.2) is 5.82 Å². The lowest BCUT2D eigenvalue weighted by atomic mass is 9.80. The van der Waals surface area contributed by atoms with Gasteiger partial charge in [0.2, 0.25) is 0 Å². The number of aromatic nitrogens is 4. The lowest BCUT2D eigenvalue weighted by molar-refractivity contribution is 0.309. The molecular weight excluding hydrogens is 317 g/mol. The van der Waals surface area contributed by atoms with E-state index in [1.54, 1.807) is 18.2 Å². The fourth-order valence-electron chi connectivity index (χ4n) is 3.63. The number of anilines is 1. The number of rotatable bonds is 4. The third-order valence-corrected chi connectivity index (χ3v) is 4.84. The predicted octanol–water partition coefficient (Wildman–Crippen LogP) is 4.07. The molecule has 1 fully saturated rings. The molecule has 2 aromatic carbocycles. The Kier molecular flexibility index (Phi) is 4.17. The number of nitrogens with zero attached hydrogens (tertiary/aromatic N) is 4. The summed E-state index contributed by atoms with van der Waals surface area (Å²) in [6, 6.07) is 16.7. The topological polar surface area (TPSA) is 55.6 Å². The Bertz CT molecular complexity index is 840. The van der Waals surface area contributed by atoms with Gasteiger partial charge >= 0.3 is 0 Å². The molecule has 0 radical (unpaired) electrons. The molecule has 1 aliphatic carbocycles. The second kappa shape index (κ2) is 6.63. The molecule has 0 bridgehead atoms. The number of nitrogens with one attached hydrogen (secondary N) is 1. The minimum atomic E-state index is -0.397. The van der Waals surface area contributed by atoms with Crippen molar-refractivity contribution in [1.82, 2.24) is 20.2 Å². The smallest absolute Gasteiger partial charge is 0.182 e. The van der Waals surface area contributed by atoms with E-state index in [2.05, 4.69) is 20.8 Å². The van der Waals surface area contributed by atoms with E-state index in [4.69, 9.17) is 0 Å². The van der Waals surface area contributed by atoms with Gasteiger partial charge in [0.05, 0.1) is 5.54 Å². The Labute approximate surface area is 145 Å². The predicted molar refractivity (Wildman–Crippen MR) is 93.9 cm³/mol. The average molecular weight is 337 g/mol. The van der Waals surface area contributed by atoms with Crippen LogP contribution in [0.1, 0.15) is 37.9 Å². The molecule has 25 heavy (non-hydrogen) atoms. The zero-order valence-corrected chi connectivity index (χ0v) is 13.9. The second-order valence-electron chi connectivity index (χ2n) is 6.50. The zero-order valence-electron chi connectivity index (χ0n) is 13.9. The third kappa shape index (κ3) is 2.99. The summed E-state index contributed by atoms with van der Waals surface area (Å²) in [5, 5.41) is 15.9. The number of hydrogen-bond acceptors (Lipinski definition) is 4. The Morgan fingerprint density at radius 2 is 1.64 bits per heavy atom. The molecular formula is C19H20FN5. The standard InChI is InChI=1S/C19H20FN5/c20-16-11-5-6-12-17(16)25-18(22-23-24-25)19(13-7-2-8-14-19)21-15-9-3-1-4-10-15/h1,3-6,9-12,21H,2,7-8,13-14H2. The number of halogens is 1. The van der Waals surface area contributed by atoms with E-state index in [9.17, 15) is 4.39 Å². The Balaban J connectivity index is 1.79. The van der Waals surface area contributed by atoms with Gasteiger partial charge in [-0.25, -0.2) is 4.39 Å². The van der Waals surface area contributed by atoms with Crippen LogP contribution in [0.2, 0.25) is 0 Å². The van der Waals surface area contributed by atoms with E-state index in [0.29, 0.717) is 11.5 Å². The lowest BCUT2D eigenvalue weighted by Crippen LogP contribution is -2.40. The summed E-state index contributed by atoms with van der Waals surface area (Å²) in [4.78, 5) is 0. The van der Waals surface area contributed by atoms with Crippen molar-refractivity contribution in [2.75, 3.05) is 5.32 Å². The SMILES string of the molecule is Fc1ccccc1-n1nnnc1C1(Nc2ccccc2)CCCCC1. The first-order valence-electron chi connectivity index (χ1n) is 8.65. The van der Waals surface area contributed by atoms with Crippen LogP contribution in [0.25, 0.3) is 5.69 Å². The summed E-state index contributed by atoms with van der Waals surface area (Å²) in [6.07, 6.45) is 5.20. The molecule has 1 aliphatic rings. The quantitative estimate of drug-likeness (QED) is 0.779. The van der Waals surface area contributed by atoms with Crippen molar-refractivity contribution in [2.45, 2.75) is 37.6 Å². The van der Waals surface area contributed by atoms with Crippen LogP contribution in [0.5, 0.6) is 0 Å². The van der Waals surface area contributed by atoms with Crippen LogP contribution in [0.4, 0.5) is 10.1 Å². The summed E-state index contributed by atoms with van der Waals surface area (Å²) >= 11 is 0. The molecule has 128 valence electrons. The summed E-state index contributed by atoms with van der Waals surface area (Å²) in [5.41, 5.74) is 1.00. The van der Waals surface area contributed by atoms with Gasteiger partial charge in [-0.15, -0.1) is 5.10 Å². The van der Waals surface area contributed by atoms with Gasteiger partial charge in [-0.3, -0.25) is 0 Å². The minimum Gasteiger partial charge on any atom is -0.373 e. The van der Waals surface area contributed by atoms with E-state index in [1.807, 2.05) is 30.3 Å². The maximum absolute atomic E-state index is 14.3. The maximum atomic E-state index is 14.3. The van der Waals surface area contributed by atoms with Crippen molar-refractivity contribution in [1.29, 1.82) is 0 Å². The van der Waals surface area contributed by atoms with E-state index < -0.39 is 5.54 Å². The Hall–Kier alpha value is -2.76. The molecule has 0 spiro atoms. The second-order valence-corrected chi connectivity index (χ2v) is 6.50. The van der Waals surface area contributed by atoms with Crippen molar-refractivity contribution in [2.24, 2.45) is 0 Å². The molecule has 5 nitrogen and oxygen atoms in total. The summed E-state index contributed by atoms with van der Waals surface area (Å²) in [5.74, 6) is 0.336. The van der Waals surface area contributed by atoms with Crippen molar-refractivity contribution in [3.05, 3.63) is 66.2 Å². The van der Waals surface area contributed by atoms with Gasteiger partial charge in [0.25, 0.3) is 0 Å². The molecule has 1 heterocycles. The molecule has 4 rings (SSSR count). The van der Waals surface area contributed by atoms with Gasteiger partial charge < -0.3 is 5.32 Å². The molecule has 1 aromatic heterocycles. The number of tetrazole rings is 1. The van der Waals surface area contributed by atoms with Crippen LogP contribution in [-0.2, 0) is 5.54 Å². The first-order valence-corrected chi connectivity index (χ1v) is 8.65. The number of para-hydroxylation sites is 2. The molecule has 0 aliphatic heterocycles. The molecule has 6 heteroatoms. The monoisotopic (exact) mass is 337 g/mol. The first-order chi connectivity index (χ1) is 12.3. The van der Waals surface area contributed by atoms with E-state index in [1.165, 1.54) is 17.2 Å². The normalized spacial score (nSPS) is 16.5. The highest BCUT2D eigenvalue weighted by molar-refractivity contribution is 5.47. The van der Waals surface area contributed by atoms with Crippen LogP contribution in [0.3, 0.4) is 0 Å². The Morgan fingerprint density at radius 3 is 2.40 bits per heavy atom. The zero-order chi connectivity index (χ0) is 17.1. The lowest BCUT2D eigenvalue weighted by Gasteiger charge is -2.37. The van der Waals surface area contributed by atoms with Crippen LogP contribution in [0, 0.1) is 5.82 Å². The number of hydrogen-bond donors (Lipinski definition) is 1. The molecule has 0 unspecified atom stereocenters. The van der Waals surface area contributed by atoms with Gasteiger partial charge in [-0.2, -0.15) is 4.68 Å². The van der Waals surface area contributed by atoms with Gasteiger partial charge in [0.1, 0.15) is 11.5 Å². The van der Waals surface area contributed by atoms with Crippen LogP contribution in [0.15, 0.2) is 54.6 Å². The Morgan fingerprint density at radius 1 is 0.920 bits per heavy atom. The van der Waals surface area contributed by atoms with Gasteiger partial charge in [0, 0.05) is 5.69 Å². The highest BCUT2D eigenvalue weighted by Crippen LogP contribution is 2.39. The molecule has 0 atom stereocenters. The van der Waals surface area contributed by atoms with E-state index in [0.717, 1.165) is 31.4 Å². The summed E-state index contributed by atoms with van der Waals surface area (Å²) in [7, 11) is 0. The fraction of sp³-hybridized carbons (Fsp3) is 0.316. The molecule has 3 aromatic rings. The summed E-state index contributed by atoms with van der Waals surface area (Å²) < 4.78 is 15.9. The van der Waals surface area contributed by atoms with Crippen molar-refractivity contribution in [3.8, 4) is 5.69 Å². The maximum Gasteiger partial charge on any atom is 0.182 e. The van der Waals surface area contributed by atoms with Gasteiger partial charge in [-0.05, 0) is 47.5 Å². The van der Waals surface area contributed by atoms with E-state index >= 15 is 0 Å². The van der Waals surface area contributed by atoms with Crippen molar-refractivity contribution in [3.63, 3.8) is 0 Å². The van der Waals surface area contributed by atoms with Gasteiger partial charge in [-0.1, -0.05) is 49.6 Å². The minimum absolute atomic E-state index is 0.332. The molecule has 1 saturated carbocycles. The molecule has 0 amide bonds. The van der Waals surface area contributed by atoms with Crippen LogP contribution >= 0.6 is 0 Å². The van der Waals surface area contributed by atoms with Crippen molar-refractivity contribution < 1.29 is 4.39 Å². The highest BCUT2D eigenvalue weighted by Gasteiger charge is 2.39. The van der Waals surface area contributed by atoms with Crippen LogP contribution in [-0.4, -0.2) is 20.2 Å². The molecule has 1 N–H and O–H groups in total. The largest absolute Gasteiger partial charge is 0.373 e. The number of benzene rings is 2. The molecule has 0 saturated heterocycles. The van der Waals surface area contributed by atoms with E-state index in [-0.39, 0.29) is 5.82 Å². The summed E-state index contributed by atoms with van der Waals surface area (Å²) in [6.45, 7) is 0.